The normalized spacial score (nSPS) is 6.12. The molecular weight excluding hydrogens is 114 g/mol. The van der Waals surface area contributed by atoms with Crippen molar-refractivity contribution >= 4 is 12.7 Å². The number of nitrogens with zero attached hydrogens (tertiary/aromatic N) is 1. The standard InChI is InChI=1S/C2H4O2.CH3NO2/c2*1-2(3)4/h1H3,(H,3,4);1H2,(H,3,4). The number of aliphatic carboxylic acids is 1. The molecule has 5 nitrogen and oxygen atoms in total. The molecule has 0 aliphatic heterocycles. The Morgan fingerprint density at radius 1 is 1.88 bits per heavy atom. The van der Waals surface area contributed by atoms with Gasteiger partial charge in [-0.1, -0.05) is 0 Å². The first-order valence-corrected chi connectivity index (χ1v) is 1.63. The second-order valence-electron chi connectivity index (χ2n) is 0.871. The molecule has 0 heterocycles. The van der Waals surface area contributed by atoms with Crippen LogP contribution in [0.2, 0.25) is 0 Å². The molecule has 0 atom stereocenters. The first kappa shape index (κ1) is 9.88. The van der Waals surface area contributed by atoms with E-state index in [1.165, 1.54) is 0 Å². The van der Waals surface area contributed by atoms with Crippen LogP contribution in [0.15, 0.2) is 0 Å². The fraction of sp³-hybridized carbons (Fsp3) is 0.333. The molecule has 0 saturated heterocycles. The van der Waals surface area contributed by atoms with Gasteiger partial charge in [0.25, 0.3) is 5.97 Å². The number of hydrogen-bond donors (Lipinski definition) is 2. The maximum Gasteiger partial charge on any atom is 0.300 e. The predicted molar refractivity (Wildman–Crippen MR) is 25.8 cm³/mol. The maximum atomic E-state index is 9.00. The minimum atomic E-state index is -0.833. The first-order valence-electron chi connectivity index (χ1n) is 1.63. The van der Waals surface area contributed by atoms with Gasteiger partial charge >= 0.3 is 0 Å². The fourth-order valence-corrected chi connectivity index (χ4v) is 0. The predicted octanol–water partition coefficient (Wildman–Crippen LogP) is -0.323. The van der Waals surface area contributed by atoms with Gasteiger partial charge in [0.1, 0.15) is 0 Å². The lowest BCUT2D eigenvalue weighted by Crippen LogP contribution is -1.84. The van der Waals surface area contributed by atoms with Crippen molar-refractivity contribution in [3.8, 4) is 0 Å². The molecule has 0 aliphatic rings. The monoisotopic (exact) mass is 121 g/mol. The Bertz CT molecular complexity index is 69.3. The van der Waals surface area contributed by atoms with Gasteiger partial charge in [-0.25, -0.2) is 0 Å². The van der Waals surface area contributed by atoms with E-state index in [-0.39, 0.29) is 0 Å². The highest BCUT2D eigenvalue weighted by Gasteiger charge is 1.65. The molecule has 0 unspecified atom stereocenters. The molecule has 5 heteroatoms. The van der Waals surface area contributed by atoms with E-state index in [9.17, 15) is 0 Å². The lowest BCUT2D eigenvalue weighted by molar-refractivity contribution is -0.719. The number of carboxylic acid groups (broad SMARTS) is 1. The van der Waals surface area contributed by atoms with Crippen molar-refractivity contribution in [2.45, 2.75) is 6.92 Å². The molecule has 2 N–H and O–H groups in total. The SMILES string of the molecule is C=[N+]([O-])O.CC(=O)O. The van der Waals surface area contributed by atoms with Crippen molar-refractivity contribution in [3.05, 3.63) is 5.21 Å². The van der Waals surface area contributed by atoms with Crippen LogP contribution in [-0.4, -0.2) is 27.9 Å². The summed E-state index contributed by atoms with van der Waals surface area (Å²) in [6, 6.07) is 0. The molecule has 0 aromatic rings. The van der Waals surface area contributed by atoms with Gasteiger partial charge in [0.2, 0.25) is 0 Å². The van der Waals surface area contributed by atoms with Crippen LogP contribution in [0.1, 0.15) is 6.92 Å². The van der Waals surface area contributed by atoms with Gasteiger partial charge in [0.15, 0.2) is 6.72 Å². The molecule has 0 aromatic heterocycles. The zero-order valence-corrected chi connectivity index (χ0v) is 4.37. The molecule has 0 bridgehead atoms. The Balaban J connectivity index is 0. The smallest absolute Gasteiger partial charge is 0.300 e. The molecular formula is C3H7NO4. The Morgan fingerprint density at radius 3 is 1.88 bits per heavy atom. The van der Waals surface area contributed by atoms with Crippen molar-refractivity contribution < 1.29 is 20.0 Å². The highest BCUT2D eigenvalue weighted by atomic mass is 16.8. The van der Waals surface area contributed by atoms with E-state index in [2.05, 4.69) is 6.72 Å². The molecule has 48 valence electrons. The second-order valence-corrected chi connectivity index (χ2v) is 0.871. The lowest BCUT2D eigenvalue weighted by atomic mass is 10.9. The van der Waals surface area contributed by atoms with Crippen LogP contribution >= 0.6 is 0 Å². The summed E-state index contributed by atoms with van der Waals surface area (Å²) < 4.78 is 0. The van der Waals surface area contributed by atoms with Crippen LogP contribution in [0.25, 0.3) is 0 Å². The third-order valence-corrected chi connectivity index (χ3v) is 0. The van der Waals surface area contributed by atoms with Crippen molar-refractivity contribution in [2.75, 3.05) is 0 Å². The molecule has 0 spiro atoms. The highest BCUT2D eigenvalue weighted by Crippen LogP contribution is 1.42. The van der Waals surface area contributed by atoms with E-state index in [0.29, 0.717) is 0 Å². The quantitative estimate of drug-likeness (QED) is 0.199. The molecule has 0 amide bonds. The third-order valence-electron chi connectivity index (χ3n) is 0. The molecule has 8 heavy (non-hydrogen) atoms. The van der Waals surface area contributed by atoms with E-state index in [1.807, 2.05) is 0 Å². The van der Waals surface area contributed by atoms with Crippen LogP contribution in [0.5, 0.6) is 0 Å². The topological polar surface area (TPSA) is 83.6 Å². The van der Waals surface area contributed by atoms with E-state index in [0.717, 1.165) is 6.92 Å². The van der Waals surface area contributed by atoms with Crippen LogP contribution < -0.4 is 0 Å². The summed E-state index contributed by atoms with van der Waals surface area (Å²) >= 11 is 0. The Labute approximate surface area is 46.0 Å². The van der Waals surface area contributed by atoms with Crippen LogP contribution in [0.4, 0.5) is 0 Å². The van der Waals surface area contributed by atoms with Gasteiger partial charge in [-0.15, -0.1) is 0 Å². The van der Waals surface area contributed by atoms with E-state index < -0.39 is 10.9 Å². The minimum absolute atomic E-state index is 0.500. The third kappa shape index (κ3) is 41.8. The van der Waals surface area contributed by atoms with Crippen molar-refractivity contribution in [1.29, 1.82) is 0 Å². The van der Waals surface area contributed by atoms with Gasteiger partial charge in [0.05, 0.1) is 0 Å². The lowest BCUT2D eigenvalue weighted by Gasteiger charge is -1.70. The molecule has 0 fully saturated rings. The summed E-state index contributed by atoms with van der Waals surface area (Å²) in [4.78, 5) is 8.50. The summed E-state index contributed by atoms with van der Waals surface area (Å²) in [6.07, 6.45) is 0. The average Bonchev–Trinajstić information content (AvgIpc) is 1.25. The summed E-state index contributed by atoms with van der Waals surface area (Å²) in [5.74, 6) is -0.833. The number of hydrogen-bond acceptors (Lipinski definition) is 3. The van der Waals surface area contributed by atoms with Gasteiger partial charge in [-0.05, 0) is 0 Å². The Kier molecular flexibility index (Phi) is 7.09. The first-order chi connectivity index (χ1) is 3.46. The van der Waals surface area contributed by atoms with Gasteiger partial charge < -0.3 is 10.3 Å². The maximum absolute atomic E-state index is 9.00. The summed E-state index contributed by atoms with van der Waals surface area (Å²) in [5, 5.41) is 23.4. The fourth-order valence-electron chi connectivity index (χ4n) is 0. The zero-order chi connectivity index (χ0) is 7.15. The molecule has 0 radical (unpaired) electrons. The van der Waals surface area contributed by atoms with Crippen LogP contribution in [-0.2, 0) is 4.79 Å². The minimum Gasteiger partial charge on any atom is -0.481 e. The van der Waals surface area contributed by atoms with Gasteiger partial charge in [-0.2, -0.15) is 0 Å². The molecule has 0 rings (SSSR count). The van der Waals surface area contributed by atoms with Crippen LogP contribution in [0, 0.1) is 5.21 Å². The van der Waals surface area contributed by atoms with E-state index >= 15 is 0 Å². The van der Waals surface area contributed by atoms with Crippen molar-refractivity contribution in [2.24, 2.45) is 0 Å². The highest BCUT2D eigenvalue weighted by molar-refractivity contribution is 5.62. The van der Waals surface area contributed by atoms with Crippen molar-refractivity contribution in [3.63, 3.8) is 0 Å². The Hall–Kier alpha value is -1.26. The molecule has 0 saturated carbocycles. The van der Waals surface area contributed by atoms with Gasteiger partial charge in [0, 0.05) is 11.8 Å². The largest absolute Gasteiger partial charge is 0.481 e. The Morgan fingerprint density at radius 2 is 1.88 bits per heavy atom. The summed E-state index contributed by atoms with van der Waals surface area (Å²) in [5.41, 5.74) is 0. The number of carbonyl (C=O) groups is 1. The number of carboxylic acids is 1. The number of rotatable bonds is 0. The van der Waals surface area contributed by atoms with E-state index in [4.69, 9.17) is 20.3 Å². The van der Waals surface area contributed by atoms with Gasteiger partial charge in [-0.3, -0.25) is 10.0 Å². The van der Waals surface area contributed by atoms with E-state index in [1.54, 1.807) is 0 Å². The molecule has 0 aliphatic carbocycles. The summed E-state index contributed by atoms with van der Waals surface area (Å²) in [6.45, 7) is 3.56. The van der Waals surface area contributed by atoms with Crippen molar-refractivity contribution in [1.82, 2.24) is 0 Å². The zero-order valence-electron chi connectivity index (χ0n) is 4.37. The molecule has 0 aromatic carbocycles. The van der Waals surface area contributed by atoms with Crippen LogP contribution in [0.3, 0.4) is 0 Å². The second kappa shape index (κ2) is 5.74. The average molecular weight is 121 g/mol. The summed E-state index contributed by atoms with van der Waals surface area (Å²) in [7, 11) is 0.